The normalized spacial score (nSPS) is 27.1. The number of amides is 2. The van der Waals surface area contributed by atoms with Gasteiger partial charge in [0.15, 0.2) is 0 Å². The molecule has 1 aromatic heterocycles. The minimum atomic E-state index is -0.151. The van der Waals surface area contributed by atoms with Gasteiger partial charge in [-0.1, -0.05) is 18.2 Å². The summed E-state index contributed by atoms with van der Waals surface area (Å²) in [5.74, 6) is 0.375. The average molecular weight is 467 g/mol. The summed E-state index contributed by atoms with van der Waals surface area (Å²) in [6, 6.07) is 8.69. The second-order valence-electron chi connectivity index (χ2n) is 10.3. The van der Waals surface area contributed by atoms with Crippen molar-refractivity contribution in [2.24, 2.45) is 7.05 Å². The van der Waals surface area contributed by atoms with E-state index >= 15 is 0 Å². The van der Waals surface area contributed by atoms with Gasteiger partial charge in [-0.3, -0.25) is 19.4 Å². The molecule has 3 atom stereocenters. The van der Waals surface area contributed by atoms with Crippen LogP contribution >= 0.6 is 0 Å². The Morgan fingerprint density at radius 3 is 2.62 bits per heavy atom. The Morgan fingerprint density at radius 2 is 1.82 bits per heavy atom. The van der Waals surface area contributed by atoms with E-state index in [9.17, 15) is 9.59 Å². The van der Waals surface area contributed by atoms with Gasteiger partial charge >= 0.3 is 0 Å². The maximum Gasteiger partial charge on any atom is 0.239 e. The highest BCUT2D eigenvalue weighted by atomic mass is 16.2. The number of para-hydroxylation sites is 1. The third-order valence-corrected chi connectivity index (χ3v) is 8.25. The van der Waals surface area contributed by atoms with Crippen LogP contribution in [0, 0.1) is 0 Å². The zero-order chi connectivity index (χ0) is 23.8. The lowest BCUT2D eigenvalue weighted by Gasteiger charge is -2.35. The number of aromatic nitrogens is 1. The van der Waals surface area contributed by atoms with E-state index in [0.29, 0.717) is 13.0 Å². The highest BCUT2D eigenvalue weighted by Crippen LogP contribution is 2.30. The number of carbonyl (C=O) groups excluding carboxylic acids is 2. The molecular weight excluding hydrogens is 428 g/mol. The molecular formula is C26H38N6O2. The molecule has 3 aliphatic heterocycles. The van der Waals surface area contributed by atoms with Crippen molar-refractivity contribution in [1.82, 2.24) is 29.5 Å². The third-order valence-electron chi connectivity index (χ3n) is 8.25. The molecule has 0 saturated carbocycles. The number of fused-ring (bicyclic) bond motifs is 2. The van der Waals surface area contributed by atoms with Gasteiger partial charge in [-0.05, 0) is 38.6 Å². The van der Waals surface area contributed by atoms with E-state index in [1.807, 2.05) is 4.90 Å². The van der Waals surface area contributed by atoms with Crippen molar-refractivity contribution in [3.63, 3.8) is 0 Å². The molecule has 1 aromatic carbocycles. The Bertz CT molecular complexity index is 1040. The molecule has 0 radical (unpaired) electrons. The molecule has 3 unspecified atom stereocenters. The summed E-state index contributed by atoms with van der Waals surface area (Å²) in [4.78, 5) is 35.0. The molecule has 2 aromatic rings. The van der Waals surface area contributed by atoms with Crippen LogP contribution in [0.5, 0.6) is 0 Å². The number of piperazine rings is 1. The van der Waals surface area contributed by atoms with Gasteiger partial charge in [-0.2, -0.15) is 0 Å². The zero-order valence-electron chi connectivity index (χ0n) is 20.7. The van der Waals surface area contributed by atoms with Gasteiger partial charge in [0.25, 0.3) is 0 Å². The molecule has 0 aliphatic carbocycles. The second kappa shape index (κ2) is 9.68. The summed E-state index contributed by atoms with van der Waals surface area (Å²) in [6.07, 6.45) is 4.51. The van der Waals surface area contributed by atoms with E-state index in [0.717, 1.165) is 52.1 Å². The predicted molar refractivity (Wildman–Crippen MR) is 133 cm³/mol. The highest BCUT2D eigenvalue weighted by Gasteiger charge is 2.45. The van der Waals surface area contributed by atoms with Crippen LogP contribution in [0.15, 0.2) is 30.5 Å². The van der Waals surface area contributed by atoms with Crippen LogP contribution < -0.4 is 5.32 Å². The number of rotatable bonds is 5. The molecule has 4 heterocycles. The van der Waals surface area contributed by atoms with E-state index in [2.05, 4.69) is 76.2 Å². The molecule has 3 fully saturated rings. The van der Waals surface area contributed by atoms with Crippen molar-refractivity contribution >= 4 is 22.7 Å². The molecule has 1 N–H and O–H groups in total. The third kappa shape index (κ3) is 4.46. The number of likely N-dealkylation sites (N-methyl/N-ethyl adjacent to an activating group) is 2. The van der Waals surface area contributed by atoms with E-state index in [1.165, 1.54) is 16.5 Å². The average Bonchev–Trinajstić information content (AvgIpc) is 3.37. The van der Waals surface area contributed by atoms with Gasteiger partial charge in [0.2, 0.25) is 11.8 Å². The quantitative estimate of drug-likeness (QED) is 0.715. The van der Waals surface area contributed by atoms with Gasteiger partial charge < -0.3 is 19.7 Å². The summed E-state index contributed by atoms with van der Waals surface area (Å²) in [7, 11) is 6.33. The molecule has 5 rings (SSSR count). The Hall–Kier alpha value is -2.42. The number of hydrogen-bond donors (Lipinski definition) is 1. The second-order valence-corrected chi connectivity index (χ2v) is 10.3. The molecule has 3 saturated heterocycles. The first kappa shape index (κ1) is 23.3. The molecule has 184 valence electrons. The number of carbonyl (C=O) groups is 2. The lowest BCUT2D eigenvalue weighted by atomic mass is 10.0. The maximum absolute atomic E-state index is 13.2. The van der Waals surface area contributed by atoms with Crippen molar-refractivity contribution in [1.29, 1.82) is 0 Å². The first-order valence-electron chi connectivity index (χ1n) is 12.7. The van der Waals surface area contributed by atoms with Crippen molar-refractivity contribution in [2.45, 2.75) is 43.9 Å². The molecule has 2 amide bonds. The Kier molecular flexibility index (Phi) is 6.64. The van der Waals surface area contributed by atoms with Gasteiger partial charge in [-0.25, -0.2) is 0 Å². The van der Waals surface area contributed by atoms with Crippen LogP contribution in [0.1, 0.15) is 24.8 Å². The van der Waals surface area contributed by atoms with Crippen LogP contribution in [0.4, 0.5) is 0 Å². The van der Waals surface area contributed by atoms with Crippen LogP contribution in [0.2, 0.25) is 0 Å². The van der Waals surface area contributed by atoms with Crippen molar-refractivity contribution in [3.8, 4) is 0 Å². The lowest BCUT2D eigenvalue weighted by molar-refractivity contribution is -0.133. The summed E-state index contributed by atoms with van der Waals surface area (Å²) in [5.41, 5.74) is 2.49. The molecule has 0 bridgehead atoms. The number of nitrogens with one attached hydrogen (secondary N) is 1. The van der Waals surface area contributed by atoms with E-state index in [1.54, 1.807) is 0 Å². The highest BCUT2D eigenvalue weighted by molar-refractivity contribution is 5.85. The Labute approximate surface area is 202 Å². The van der Waals surface area contributed by atoms with Crippen molar-refractivity contribution < 1.29 is 9.59 Å². The summed E-state index contributed by atoms with van der Waals surface area (Å²) < 4.78 is 2.17. The largest absolute Gasteiger partial charge is 0.353 e. The first-order valence-corrected chi connectivity index (χ1v) is 12.7. The summed E-state index contributed by atoms with van der Waals surface area (Å²) in [6.45, 7) is 5.82. The summed E-state index contributed by atoms with van der Waals surface area (Å²) >= 11 is 0. The Balaban J connectivity index is 1.24. The minimum Gasteiger partial charge on any atom is -0.353 e. The van der Waals surface area contributed by atoms with Gasteiger partial charge in [-0.15, -0.1) is 0 Å². The van der Waals surface area contributed by atoms with Crippen LogP contribution in [-0.4, -0.2) is 107 Å². The number of nitrogens with zero attached hydrogens (tertiary/aromatic N) is 5. The molecule has 3 aliphatic rings. The smallest absolute Gasteiger partial charge is 0.239 e. The van der Waals surface area contributed by atoms with Gasteiger partial charge in [0, 0.05) is 88.5 Å². The fraction of sp³-hybridized carbons (Fsp3) is 0.615. The van der Waals surface area contributed by atoms with Crippen molar-refractivity contribution in [2.75, 3.05) is 53.4 Å². The summed E-state index contributed by atoms with van der Waals surface area (Å²) in [5, 5.41) is 4.46. The standard InChI is InChI=1S/C26H38N6O2/c1-28-12-14-31(15-13-28)24(33)9-8-20-16-27-26(34)25-23(30(20)3)10-11-32(25)18-19-17-29(2)22-7-5-4-6-21(19)22/h4-7,17,20,23,25H,8-16,18H2,1-3H3,(H,27,34). The molecule has 8 heteroatoms. The predicted octanol–water partition coefficient (Wildman–Crippen LogP) is 1.11. The maximum atomic E-state index is 13.2. The van der Waals surface area contributed by atoms with Crippen LogP contribution in [0.25, 0.3) is 10.9 Å². The van der Waals surface area contributed by atoms with Crippen LogP contribution in [0.3, 0.4) is 0 Å². The molecule has 0 spiro atoms. The number of likely N-dealkylation sites (tertiary alicyclic amines) is 1. The fourth-order valence-corrected chi connectivity index (χ4v) is 6.10. The topological polar surface area (TPSA) is 64.1 Å². The van der Waals surface area contributed by atoms with E-state index < -0.39 is 0 Å². The zero-order valence-corrected chi connectivity index (χ0v) is 20.7. The SMILES string of the molecule is CN1CCN(C(=O)CCC2CNC(=O)C3C(CCN3Cc3cn(C)c4ccccc34)N2C)CC1. The van der Waals surface area contributed by atoms with Gasteiger partial charge in [0.1, 0.15) is 6.04 Å². The van der Waals surface area contributed by atoms with Crippen LogP contribution in [-0.2, 0) is 23.2 Å². The van der Waals surface area contributed by atoms with Crippen molar-refractivity contribution in [3.05, 3.63) is 36.0 Å². The molecule has 8 nitrogen and oxygen atoms in total. The van der Waals surface area contributed by atoms with E-state index in [4.69, 9.17) is 0 Å². The fourth-order valence-electron chi connectivity index (χ4n) is 6.10. The molecule has 34 heavy (non-hydrogen) atoms. The number of aryl methyl sites for hydroxylation is 1. The Morgan fingerprint density at radius 1 is 1.06 bits per heavy atom. The number of hydrogen-bond acceptors (Lipinski definition) is 5. The first-order chi connectivity index (χ1) is 16.4. The van der Waals surface area contributed by atoms with E-state index in [-0.39, 0.29) is 29.9 Å². The number of benzene rings is 1. The monoisotopic (exact) mass is 466 g/mol. The lowest BCUT2D eigenvalue weighted by Crippen LogP contribution is -2.50. The van der Waals surface area contributed by atoms with Gasteiger partial charge in [0.05, 0.1) is 0 Å². The minimum absolute atomic E-state index is 0.127.